The number of urea groups is 1. The average Bonchev–Trinajstić information content (AvgIpc) is 3.17. The van der Waals surface area contributed by atoms with Gasteiger partial charge in [-0.2, -0.15) is 0 Å². The van der Waals surface area contributed by atoms with Gasteiger partial charge >= 0.3 is 6.03 Å². The van der Waals surface area contributed by atoms with Crippen molar-refractivity contribution in [2.24, 2.45) is 5.92 Å². The fourth-order valence-corrected chi connectivity index (χ4v) is 3.68. The first-order valence-corrected chi connectivity index (χ1v) is 10.9. The molecule has 162 valence electrons. The van der Waals surface area contributed by atoms with E-state index in [1.807, 2.05) is 77.1 Å². The Morgan fingerprint density at radius 1 is 0.903 bits per heavy atom. The smallest absolute Gasteiger partial charge is 0.319 e. The van der Waals surface area contributed by atoms with Crippen molar-refractivity contribution in [3.05, 3.63) is 59.2 Å². The van der Waals surface area contributed by atoms with E-state index in [0.29, 0.717) is 10.8 Å². The summed E-state index contributed by atoms with van der Waals surface area (Å²) >= 11 is 1.29. The Hall–Kier alpha value is -3.26. The van der Waals surface area contributed by atoms with Gasteiger partial charge in [0.1, 0.15) is 11.0 Å². The first-order valence-electron chi connectivity index (χ1n) is 10.1. The number of hydrogen-bond acceptors (Lipinski definition) is 5. The van der Waals surface area contributed by atoms with Crippen molar-refractivity contribution in [2.75, 3.05) is 10.6 Å². The minimum absolute atomic E-state index is 0.116. The van der Waals surface area contributed by atoms with E-state index < -0.39 is 12.1 Å². The summed E-state index contributed by atoms with van der Waals surface area (Å²) in [6.45, 7) is 9.76. The second kappa shape index (κ2) is 9.70. The zero-order valence-corrected chi connectivity index (χ0v) is 19.1. The first kappa shape index (κ1) is 22.4. The van der Waals surface area contributed by atoms with Gasteiger partial charge in [0.25, 0.3) is 0 Å². The summed E-state index contributed by atoms with van der Waals surface area (Å²) in [4.78, 5) is 25.3. The summed E-state index contributed by atoms with van der Waals surface area (Å²) in [7, 11) is 0. The maximum absolute atomic E-state index is 12.8. The predicted octanol–water partition coefficient (Wildman–Crippen LogP) is 4.92. The van der Waals surface area contributed by atoms with E-state index in [2.05, 4.69) is 26.1 Å². The Bertz CT molecular complexity index is 1080. The molecule has 0 bridgehead atoms. The molecule has 0 radical (unpaired) electrons. The van der Waals surface area contributed by atoms with Crippen LogP contribution in [0.4, 0.5) is 15.6 Å². The molecular formula is C23H27N5O2S. The highest BCUT2D eigenvalue weighted by molar-refractivity contribution is 7.18. The molecule has 1 atom stereocenters. The second-order valence-corrected chi connectivity index (χ2v) is 8.86. The first-order chi connectivity index (χ1) is 14.7. The monoisotopic (exact) mass is 437 g/mol. The number of nitrogens with one attached hydrogen (secondary N) is 3. The van der Waals surface area contributed by atoms with Crippen LogP contribution in [0, 0.1) is 26.7 Å². The molecule has 1 unspecified atom stereocenters. The van der Waals surface area contributed by atoms with Crippen LogP contribution in [0.1, 0.15) is 30.5 Å². The molecule has 0 saturated carbocycles. The summed E-state index contributed by atoms with van der Waals surface area (Å²) in [6.07, 6.45) is 0. The SMILES string of the molecule is Cc1ccc(-c2nnc(NC(=O)C(NC(=O)Nc3ccc(C)c(C)c3)C(C)C)s2)cc1. The molecule has 3 N–H and O–H groups in total. The molecule has 8 heteroatoms. The Morgan fingerprint density at radius 3 is 2.26 bits per heavy atom. The van der Waals surface area contributed by atoms with Gasteiger partial charge in [0.15, 0.2) is 0 Å². The molecule has 0 aliphatic heterocycles. The predicted molar refractivity (Wildman–Crippen MR) is 125 cm³/mol. The fraction of sp³-hybridized carbons (Fsp3) is 0.304. The highest BCUT2D eigenvalue weighted by Crippen LogP contribution is 2.26. The van der Waals surface area contributed by atoms with Crippen LogP contribution in [0.3, 0.4) is 0 Å². The molecular weight excluding hydrogens is 410 g/mol. The summed E-state index contributed by atoms with van der Waals surface area (Å²) in [5.41, 5.74) is 5.00. The Kier molecular flexibility index (Phi) is 7.02. The Morgan fingerprint density at radius 2 is 1.61 bits per heavy atom. The van der Waals surface area contributed by atoms with E-state index in [9.17, 15) is 9.59 Å². The zero-order chi connectivity index (χ0) is 22.5. The lowest BCUT2D eigenvalue weighted by atomic mass is 10.0. The van der Waals surface area contributed by atoms with Crippen molar-refractivity contribution in [3.8, 4) is 10.6 Å². The summed E-state index contributed by atoms with van der Waals surface area (Å²) < 4.78 is 0. The summed E-state index contributed by atoms with van der Waals surface area (Å²) in [5.74, 6) is -0.452. The zero-order valence-electron chi connectivity index (χ0n) is 18.3. The number of amides is 3. The van der Waals surface area contributed by atoms with Gasteiger partial charge in [-0.25, -0.2) is 4.79 Å². The van der Waals surface area contributed by atoms with Gasteiger partial charge < -0.3 is 10.6 Å². The molecule has 3 rings (SSSR count). The lowest BCUT2D eigenvalue weighted by Crippen LogP contribution is -2.48. The Balaban J connectivity index is 1.64. The third-order valence-electron chi connectivity index (χ3n) is 4.95. The van der Waals surface area contributed by atoms with E-state index in [-0.39, 0.29) is 11.8 Å². The molecule has 0 spiro atoms. The maximum atomic E-state index is 12.8. The van der Waals surface area contributed by atoms with E-state index >= 15 is 0 Å². The molecule has 3 aromatic rings. The molecule has 7 nitrogen and oxygen atoms in total. The topological polar surface area (TPSA) is 96.0 Å². The fourth-order valence-electron chi connectivity index (χ4n) is 2.93. The second-order valence-electron chi connectivity index (χ2n) is 7.89. The van der Waals surface area contributed by atoms with Crippen molar-refractivity contribution in [2.45, 2.75) is 40.7 Å². The number of rotatable bonds is 6. The van der Waals surface area contributed by atoms with E-state index in [0.717, 1.165) is 27.3 Å². The Labute approximate surface area is 186 Å². The van der Waals surface area contributed by atoms with E-state index in [1.54, 1.807) is 0 Å². The van der Waals surface area contributed by atoms with Crippen LogP contribution in [0.25, 0.3) is 10.6 Å². The lowest BCUT2D eigenvalue weighted by molar-refractivity contribution is -0.118. The third kappa shape index (κ3) is 5.88. The number of carbonyl (C=O) groups excluding carboxylic acids is 2. The maximum Gasteiger partial charge on any atom is 0.319 e. The van der Waals surface area contributed by atoms with Gasteiger partial charge in [-0.3, -0.25) is 10.1 Å². The van der Waals surface area contributed by atoms with Crippen molar-refractivity contribution in [1.82, 2.24) is 15.5 Å². The third-order valence-corrected chi connectivity index (χ3v) is 5.84. The largest absolute Gasteiger partial charge is 0.326 e. The molecule has 1 heterocycles. The van der Waals surface area contributed by atoms with E-state index in [1.165, 1.54) is 11.3 Å². The minimum Gasteiger partial charge on any atom is -0.326 e. The number of nitrogens with zero attached hydrogens (tertiary/aromatic N) is 2. The van der Waals surface area contributed by atoms with Gasteiger partial charge in [0, 0.05) is 11.3 Å². The van der Waals surface area contributed by atoms with Crippen LogP contribution in [-0.2, 0) is 4.79 Å². The average molecular weight is 438 g/mol. The number of aryl methyl sites for hydroxylation is 3. The van der Waals surface area contributed by atoms with Crippen molar-refractivity contribution in [1.29, 1.82) is 0 Å². The van der Waals surface area contributed by atoms with Crippen LogP contribution in [0.15, 0.2) is 42.5 Å². The molecule has 31 heavy (non-hydrogen) atoms. The van der Waals surface area contributed by atoms with Gasteiger partial charge in [0.2, 0.25) is 11.0 Å². The van der Waals surface area contributed by atoms with Gasteiger partial charge in [-0.05, 0) is 49.9 Å². The minimum atomic E-state index is -0.724. The molecule has 2 aromatic carbocycles. The number of carbonyl (C=O) groups is 2. The van der Waals surface area contributed by atoms with Gasteiger partial charge in [-0.15, -0.1) is 10.2 Å². The number of anilines is 2. The molecule has 0 aliphatic carbocycles. The molecule has 0 fully saturated rings. The quantitative estimate of drug-likeness (QED) is 0.510. The van der Waals surface area contributed by atoms with Crippen LogP contribution in [0.5, 0.6) is 0 Å². The van der Waals surface area contributed by atoms with Gasteiger partial charge in [0.05, 0.1) is 0 Å². The van der Waals surface area contributed by atoms with Crippen LogP contribution >= 0.6 is 11.3 Å². The van der Waals surface area contributed by atoms with Crippen LogP contribution in [-0.4, -0.2) is 28.2 Å². The van der Waals surface area contributed by atoms with E-state index in [4.69, 9.17) is 0 Å². The molecule has 1 aromatic heterocycles. The van der Waals surface area contributed by atoms with Crippen molar-refractivity contribution < 1.29 is 9.59 Å². The summed E-state index contributed by atoms with van der Waals surface area (Å²) in [6, 6.07) is 12.5. The van der Waals surface area contributed by atoms with Crippen LogP contribution in [0.2, 0.25) is 0 Å². The number of hydrogen-bond donors (Lipinski definition) is 3. The number of benzene rings is 2. The van der Waals surface area contributed by atoms with Crippen LogP contribution < -0.4 is 16.0 Å². The molecule has 3 amide bonds. The van der Waals surface area contributed by atoms with Gasteiger partial charge in [-0.1, -0.05) is 61.1 Å². The molecule has 0 aliphatic rings. The normalized spacial score (nSPS) is 11.8. The summed E-state index contributed by atoms with van der Waals surface area (Å²) in [5, 5.41) is 17.7. The van der Waals surface area contributed by atoms with Crippen molar-refractivity contribution >= 4 is 34.1 Å². The molecule has 0 saturated heterocycles. The highest BCUT2D eigenvalue weighted by atomic mass is 32.1. The standard InChI is InChI=1S/C23H27N5O2S/c1-13(2)19(25-22(30)24-18-11-8-15(4)16(5)12-18)20(29)26-23-28-27-21(31-23)17-9-6-14(3)7-10-17/h6-13,19H,1-5H3,(H2,24,25,30)(H,26,28,29). The number of aromatic nitrogens is 2. The van der Waals surface area contributed by atoms with Crippen molar-refractivity contribution in [3.63, 3.8) is 0 Å². The highest BCUT2D eigenvalue weighted by Gasteiger charge is 2.25. The lowest BCUT2D eigenvalue weighted by Gasteiger charge is -2.21.